The first-order chi connectivity index (χ1) is 12.8. The summed E-state index contributed by atoms with van der Waals surface area (Å²) in [6.45, 7) is 1.86. The second-order valence-electron chi connectivity index (χ2n) is 7.26. The van der Waals surface area contributed by atoms with E-state index in [-0.39, 0.29) is 11.4 Å². The van der Waals surface area contributed by atoms with Crippen molar-refractivity contribution in [2.75, 3.05) is 4.90 Å². The average Bonchev–Trinajstić information content (AvgIpc) is 3.34. The van der Waals surface area contributed by atoms with Crippen molar-refractivity contribution in [1.29, 1.82) is 0 Å². The summed E-state index contributed by atoms with van der Waals surface area (Å²) in [6.07, 6.45) is 1.50. The molecule has 1 aliphatic carbocycles. The minimum absolute atomic E-state index is 0.141. The van der Waals surface area contributed by atoms with E-state index in [0.717, 1.165) is 12.8 Å². The van der Waals surface area contributed by atoms with Gasteiger partial charge in [-0.15, -0.1) is 0 Å². The van der Waals surface area contributed by atoms with Gasteiger partial charge < -0.3 is 5.11 Å². The van der Waals surface area contributed by atoms with E-state index in [1.54, 1.807) is 48.5 Å². The van der Waals surface area contributed by atoms with Crippen LogP contribution in [0.2, 0.25) is 10.0 Å². The van der Waals surface area contributed by atoms with Crippen molar-refractivity contribution < 1.29 is 14.7 Å². The van der Waals surface area contributed by atoms with Gasteiger partial charge in [0.05, 0.1) is 11.6 Å². The predicted octanol–water partition coefficient (Wildman–Crippen LogP) is 5.26. The zero-order chi connectivity index (χ0) is 19.3. The molecule has 0 radical (unpaired) electrons. The molecule has 1 aliphatic heterocycles. The molecule has 0 saturated heterocycles. The Labute approximate surface area is 167 Å². The van der Waals surface area contributed by atoms with Crippen LogP contribution in [-0.2, 0) is 9.59 Å². The van der Waals surface area contributed by atoms with Crippen molar-refractivity contribution >= 4 is 40.6 Å². The van der Waals surface area contributed by atoms with E-state index < -0.39 is 23.1 Å². The van der Waals surface area contributed by atoms with Gasteiger partial charge in [0, 0.05) is 21.1 Å². The Bertz CT molecular complexity index is 977. The van der Waals surface area contributed by atoms with Crippen LogP contribution in [0.1, 0.15) is 31.4 Å². The highest BCUT2D eigenvalue weighted by molar-refractivity contribution is 6.31. The van der Waals surface area contributed by atoms with Crippen molar-refractivity contribution in [2.45, 2.75) is 25.8 Å². The summed E-state index contributed by atoms with van der Waals surface area (Å²) in [4.78, 5) is 27.5. The molecule has 1 amide bonds. The molecule has 1 unspecified atom stereocenters. The van der Waals surface area contributed by atoms with Crippen LogP contribution in [0.5, 0.6) is 0 Å². The third-order valence-electron chi connectivity index (χ3n) is 5.27. The third kappa shape index (κ3) is 3.03. The lowest BCUT2D eigenvalue weighted by atomic mass is 9.89. The van der Waals surface area contributed by atoms with Gasteiger partial charge in [0.1, 0.15) is 0 Å². The number of ketones is 1. The normalized spacial score (nSPS) is 20.9. The van der Waals surface area contributed by atoms with Gasteiger partial charge in [0.15, 0.2) is 11.5 Å². The summed E-state index contributed by atoms with van der Waals surface area (Å²) >= 11 is 12.1. The predicted molar refractivity (Wildman–Crippen MR) is 105 cm³/mol. The molecule has 2 aromatic rings. The number of aliphatic hydroxyl groups excluding tert-OH is 1. The fraction of sp³-hybridized carbons (Fsp3) is 0.238. The van der Waals surface area contributed by atoms with Crippen LogP contribution in [-0.4, -0.2) is 16.8 Å². The molecular formula is C21H17Cl2NO3. The second-order valence-corrected chi connectivity index (χ2v) is 8.13. The van der Waals surface area contributed by atoms with Gasteiger partial charge in [-0.1, -0.05) is 48.3 Å². The number of carbonyl (C=O) groups is 2. The molecule has 2 aromatic carbocycles. The zero-order valence-electron chi connectivity index (χ0n) is 14.6. The maximum atomic E-state index is 13.1. The molecule has 6 heteroatoms. The Morgan fingerprint density at radius 1 is 1.11 bits per heavy atom. The Morgan fingerprint density at radius 3 is 2.37 bits per heavy atom. The number of halogens is 2. The van der Waals surface area contributed by atoms with Crippen LogP contribution in [0.3, 0.4) is 0 Å². The largest absolute Gasteiger partial charge is 0.503 e. The van der Waals surface area contributed by atoms with E-state index in [2.05, 4.69) is 0 Å². The molecule has 1 saturated carbocycles. The number of Topliss-reactive ketones (excluding diaryl/α,β-unsaturated/α-hetero) is 1. The highest BCUT2D eigenvalue weighted by Gasteiger charge is 2.53. The van der Waals surface area contributed by atoms with Gasteiger partial charge >= 0.3 is 0 Å². The van der Waals surface area contributed by atoms with E-state index in [1.165, 1.54) is 4.90 Å². The summed E-state index contributed by atoms with van der Waals surface area (Å²) in [7, 11) is 0. The number of hydrogen-bond acceptors (Lipinski definition) is 3. The first kappa shape index (κ1) is 18.1. The molecule has 1 fully saturated rings. The smallest absolute Gasteiger partial charge is 0.294 e. The molecule has 4 rings (SSSR count). The number of hydrogen-bond donors (Lipinski definition) is 1. The minimum atomic E-state index is -0.724. The molecule has 0 spiro atoms. The molecule has 4 nitrogen and oxygen atoms in total. The molecule has 1 atom stereocenters. The molecule has 0 bridgehead atoms. The zero-order valence-corrected chi connectivity index (χ0v) is 16.1. The highest BCUT2D eigenvalue weighted by Crippen LogP contribution is 2.52. The number of rotatable bonds is 4. The average molecular weight is 402 g/mol. The number of carbonyl (C=O) groups excluding carboxylic acids is 2. The van der Waals surface area contributed by atoms with E-state index >= 15 is 0 Å². The highest BCUT2D eigenvalue weighted by atomic mass is 35.5. The van der Waals surface area contributed by atoms with Crippen molar-refractivity contribution in [1.82, 2.24) is 0 Å². The van der Waals surface area contributed by atoms with Crippen molar-refractivity contribution in [3.05, 3.63) is 75.5 Å². The molecule has 0 aromatic heterocycles. The number of benzene rings is 2. The van der Waals surface area contributed by atoms with Crippen LogP contribution < -0.4 is 4.90 Å². The number of nitrogens with zero attached hydrogens (tertiary/aromatic N) is 1. The van der Waals surface area contributed by atoms with Crippen molar-refractivity contribution in [3.8, 4) is 0 Å². The van der Waals surface area contributed by atoms with E-state index in [9.17, 15) is 14.7 Å². The lowest BCUT2D eigenvalue weighted by Gasteiger charge is -2.27. The van der Waals surface area contributed by atoms with Gasteiger partial charge in [-0.25, -0.2) is 0 Å². The lowest BCUT2D eigenvalue weighted by Crippen LogP contribution is -2.31. The first-order valence-electron chi connectivity index (χ1n) is 8.64. The summed E-state index contributed by atoms with van der Waals surface area (Å²) < 4.78 is 0. The summed E-state index contributed by atoms with van der Waals surface area (Å²) in [5, 5.41) is 11.6. The second kappa shape index (κ2) is 6.39. The molecule has 1 heterocycles. The Morgan fingerprint density at radius 2 is 1.78 bits per heavy atom. The molecule has 27 heavy (non-hydrogen) atoms. The molecule has 1 N–H and O–H groups in total. The standard InChI is InChI=1S/C21H17Cl2NO3/c1-21(9-10-21)19(26)16-17(12-5-7-13(22)8-6-12)24(20(27)18(16)25)15-4-2-3-14(23)11-15/h2-8,11,17,25H,9-10H2,1H3. The Balaban J connectivity index is 1.88. The quantitative estimate of drug-likeness (QED) is 0.759. The van der Waals surface area contributed by atoms with Gasteiger partial charge in [0.2, 0.25) is 0 Å². The van der Waals surface area contributed by atoms with Gasteiger partial charge in [0.25, 0.3) is 5.91 Å². The SMILES string of the molecule is CC1(C(=O)C2=C(O)C(=O)N(c3cccc(Cl)c3)C2c2ccc(Cl)cc2)CC1. The van der Waals surface area contributed by atoms with E-state index in [1.807, 2.05) is 6.92 Å². The monoisotopic (exact) mass is 401 g/mol. The van der Waals surface area contributed by atoms with E-state index in [0.29, 0.717) is 21.3 Å². The topological polar surface area (TPSA) is 57.6 Å². The fourth-order valence-electron chi connectivity index (χ4n) is 3.43. The number of amides is 1. The number of aliphatic hydroxyl groups is 1. The fourth-order valence-corrected chi connectivity index (χ4v) is 3.74. The van der Waals surface area contributed by atoms with Crippen LogP contribution in [0.15, 0.2) is 59.9 Å². The third-order valence-corrected chi connectivity index (χ3v) is 5.76. The maximum Gasteiger partial charge on any atom is 0.294 e. The minimum Gasteiger partial charge on any atom is -0.503 e. The Kier molecular flexibility index (Phi) is 4.28. The lowest BCUT2D eigenvalue weighted by molar-refractivity contribution is -0.120. The summed E-state index contributed by atoms with van der Waals surface area (Å²) in [5.74, 6) is -1.28. The van der Waals surface area contributed by atoms with Crippen molar-refractivity contribution in [2.24, 2.45) is 5.41 Å². The summed E-state index contributed by atoms with van der Waals surface area (Å²) in [5.41, 5.74) is 0.841. The maximum absolute atomic E-state index is 13.1. The Hall–Kier alpha value is -2.30. The van der Waals surface area contributed by atoms with Crippen molar-refractivity contribution in [3.63, 3.8) is 0 Å². The molecule has 2 aliphatic rings. The van der Waals surface area contributed by atoms with Crippen LogP contribution in [0.4, 0.5) is 5.69 Å². The van der Waals surface area contributed by atoms with Gasteiger partial charge in [-0.05, 0) is 48.7 Å². The van der Waals surface area contributed by atoms with Crippen LogP contribution >= 0.6 is 23.2 Å². The molecular weight excluding hydrogens is 385 g/mol. The first-order valence-corrected chi connectivity index (χ1v) is 9.40. The summed E-state index contributed by atoms with van der Waals surface area (Å²) in [6, 6.07) is 13.0. The van der Waals surface area contributed by atoms with Crippen LogP contribution in [0, 0.1) is 5.41 Å². The molecule has 138 valence electrons. The van der Waals surface area contributed by atoms with Crippen LogP contribution in [0.25, 0.3) is 0 Å². The number of anilines is 1. The van der Waals surface area contributed by atoms with Gasteiger partial charge in [-0.3, -0.25) is 14.5 Å². The van der Waals surface area contributed by atoms with Gasteiger partial charge in [-0.2, -0.15) is 0 Å². The van der Waals surface area contributed by atoms with E-state index in [4.69, 9.17) is 23.2 Å².